The number of unbranched alkanes of at least 4 members (excludes halogenated alkanes) is 9. The van der Waals surface area contributed by atoms with E-state index in [1.54, 1.807) is 0 Å². The van der Waals surface area contributed by atoms with Gasteiger partial charge in [-0.15, -0.1) is 0 Å². The van der Waals surface area contributed by atoms with Gasteiger partial charge in [-0.1, -0.05) is 110 Å². The van der Waals surface area contributed by atoms with Crippen molar-refractivity contribution in [3.63, 3.8) is 0 Å². The second-order valence-electron chi connectivity index (χ2n) is 7.49. The fourth-order valence-corrected chi connectivity index (χ4v) is 4.11. The fraction of sp³-hybridized carbons (Fsp3) is 1.00. The highest BCUT2D eigenvalue weighted by atomic mass is 127. The van der Waals surface area contributed by atoms with Gasteiger partial charge in [0.25, 0.3) is 0 Å². The van der Waals surface area contributed by atoms with Gasteiger partial charge in [0.05, 0.1) is 8.94 Å². The summed E-state index contributed by atoms with van der Waals surface area (Å²) >= 11 is 6.11. The topological polar surface area (TPSA) is 18.5 Å². The van der Waals surface area contributed by atoms with Crippen molar-refractivity contribution in [3.8, 4) is 0 Å². The van der Waals surface area contributed by atoms with Crippen LogP contribution >= 0.6 is 38.5 Å². The Hall–Kier alpha value is 1.13. The van der Waals surface area contributed by atoms with Crippen LogP contribution in [0, 0.1) is 0 Å². The molecule has 150 valence electrons. The van der Waals surface area contributed by atoms with E-state index in [0.717, 1.165) is 19.4 Å². The largest absolute Gasteiger partial charge is 0.353 e. The molecule has 0 aliphatic carbocycles. The van der Waals surface area contributed by atoms with E-state index in [9.17, 15) is 0 Å². The lowest BCUT2D eigenvalue weighted by molar-refractivity contribution is -0.190. The quantitative estimate of drug-likeness (QED) is 0.114. The molecule has 0 saturated carbocycles. The third kappa shape index (κ3) is 14.8. The van der Waals surface area contributed by atoms with Crippen molar-refractivity contribution in [2.45, 2.75) is 125 Å². The van der Waals surface area contributed by atoms with Crippen molar-refractivity contribution in [2.75, 3.05) is 6.61 Å². The molecule has 4 heteroatoms. The van der Waals surface area contributed by atoms with Crippen LogP contribution in [-0.4, -0.2) is 21.8 Å². The molecule has 1 aliphatic heterocycles. The number of hydrogen-bond acceptors (Lipinski definition) is 2. The molecule has 0 N–H and O–H groups in total. The summed E-state index contributed by atoms with van der Waals surface area (Å²) in [7, 11) is 0. The first-order valence-corrected chi connectivity index (χ1v) is 12.9. The van der Waals surface area contributed by atoms with E-state index in [2.05, 4.69) is 45.4 Å². The van der Waals surface area contributed by atoms with Crippen LogP contribution in [0.25, 0.3) is 0 Å². The number of halogens is 2. The molecule has 0 aromatic rings. The molecule has 2 nitrogen and oxygen atoms in total. The van der Waals surface area contributed by atoms with E-state index >= 15 is 0 Å². The van der Waals surface area contributed by atoms with E-state index in [4.69, 9.17) is 9.47 Å². The second-order valence-corrected chi connectivity index (χ2v) is 11.8. The Morgan fingerprint density at radius 1 is 0.920 bits per heavy atom. The van der Waals surface area contributed by atoms with Crippen LogP contribution in [-0.2, 0) is 9.47 Å². The van der Waals surface area contributed by atoms with Gasteiger partial charge < -0.3 is 9.47 Å². The van der Waals surface area contributed by atoms with Crippen molar-refractivity contribution < 1.29 is 9.47 Å². The first kappa shape index (κ1) is 24.2. The van der Waals surface area contributed by atoms with Gasteiger partial charge in [0.15, 0.2) is 6.29 Å². The summed E-state index contributed by atoms with van der Waals surface area (Å²) in [6, 6.07) is 0. The zero-order valence-corrected chi connectivity index (χ0v) is 20.1. The van der Waals surface area contributed by atoms with Crippen molar-refractivity contribution in [2.24, 2.45) is 0 Å². The summed E-state index contributed by atoms with van der Waals surface area (Å²) in [6.07, 6.45) is 21.5. The Morgan fingerprint density at radius 2 is 1.56 bits per heavy atom. The third-order valence-electron chi connectivity index (χ3n) is 5.07. The normalized spacial score (nSPS) is 20.5. The minimum Gasteiger partial charge on any atom is -0.353 e. The highest BCUT2D eigenvalue weighted by molar-refractivity contribution is 14.1. The molecule has 0 aromatic heterocycles. The van der Waals surface area contributed by atoms with Gasteiger partial charge in [-0.2, -0.15) is 0 Å². The number of ether oxygens (including phenoxy) is 2. The zero-order valence-electron chi connectivity index (χ0n) is 16.3. The van der Waals surface area contributed by atoms with Gasteiger partial charge in [-0.3, -0.25) is 0 Å². The molecule has 0 aromatic carbocycles. The Morgan fingerprint density at radius 3 is 2.12 bits per heavy atom. The SMILES string of the molecule is CCCCCCCCCCCCC(CCC(Br)I)OC1CCCCO1. The Labute approximate surface area is 178 Å². The van der Waals surface area contributed by atoms with E-state index in [1.165, 1.54) is 89.9 Å². The summed E-state index contributed by atoms with van der Waals surface area (Å²) in [5.74, 6) is 0. The van der Waals surface area contributed by atoms with Crippen molar-refractivity contribution in [3.05, 3.63) is 0 Å². The predicted molar refractivity (Wildman–Crippen MR) is 121 cm³/mol. The fourth-order valence-electron chi connectivity index (χ4n) is 3.48. The lowest BCUT2D eigenvalue weighted by Crippen LogP contribution is -2.28. The zero-order chi connectivity index (χ0) is 18.2. The van der Waals surface area contributed by atoms with Crippen LogP contribution in [0.4, 0.5) is 0 Å². The molecule has 25 heavy (non-hydrogen) atoms. The summed E-state index contributed by atoms with van der Waals surface area (Å²) < 4.78 is 12.6. The first-order chi connectivity index (χ1) is 12.2. The van der Waals surface area contributed by atoms with Crippen LogP contribution in [0.5, 0.6) is 0 Å². The lowest BCUT2D eigenvalue weighted by atomic mass is 10.0. The van der Waals surface area contributed by atoms with Crippen LogP contribution in [0.3, 0.4) is 0 Å². The van der Waals surface area contributed by atoms with E-state index < -0.39 is 0 Å². The molecule has 0 amide bonds. The molecule has 0 radical (unpaired) electrons. The van der Waals surface area contributed by atoms with Crippen molar-refractivity contribution in [1.29, 1.82) is 0 Å². The Balaban J connectivity index is 2.06. The molecule has 0 bridgehead atoms. The third-order valence-corrected chi connectivity index (χ3v) is 6.15. The minimum atomic E-state index is 0.0601. The van der Waals surface area contributed by atoms with Crippen LogP contribution in [0.2, 0.25) is 0 Å². The highest BCUT2D eigenvalue weighted by Crippen LogP contribution is 2.24. The van der Waals surface area contributed by atoms with Crippen LogP contribution in [0.1, 0.15) is 110 Å². The number of hydrogen-bond donors (Lipinski definition) is 0. The lowest BCUT2D eigenvalue weighted by Gasteiger charge is -2.28. The second kappa shape index (κ2) is 17.2. The molecule has 3 atom stereocenters. The molecule has 1 heterocycles. The van der Waals surface area contributed by atoms with Crippen LogP contribution < -0.4 is 0 Å². The summed E-state index contributed by atoms with van der Waals surface area (Å²) in [6.45, 7) is 3.17. The molecular weight excluding hydrogens is 491 g/mol. The van der Waals surface area contributed by atoms with Gasteiger partial charge in [-0.05, 0) is 38.5 Å². The number of alkyl halides is 2. The van der Waals surface area contributed by atoms with E-state index in [0.29, 0.717) is 8.94 Å². The molecule has 1 aliphatic rings. The van der Waals surface area contributed by atoms with E-state index in [-0.39, 0.29) is 6.29 Å². The molecular formula is C21H40BrIO2. The van der Waals surface area contributed by atoms with Crippen molar-refractivity contribution in [1.82, 2.24) is 0 Å². The average molecular weight is 531 g/mol. The number of rotatable bonds is 16. The van der Waals surface area contributed by atoms with Gasteiger partial charge in [-0.25, -0.2) is 0 Å². The minimum absolute atomic E-state index is 0.0601. The van der Waals surface area contributed by atoms with Gasteiger partial charge in [0.1, 0.15) is 0 Å². The Bertz CT molecular complexity index is 283. The van der Waals surface area contributed by atoms with Crippen LogP contribution in [0.15, 0.2) is 0 Å². The molecule has 3 unspecified atom stereocenters. The van der Waals surface area contributed by atoms with Crippen molar-refractivity contribution >= 4 is 38.5 Å². The highest BCUT2D eigenvalue weighted by Gasteiger charge is 2.20. The maximum absolute atomic E-state index is 6.28. The molecule has 1 saturated heterocycles. The maximum atomic E-state index is 6.28. The Kier molecular flexibility index (Phi) is 16.7. The van der Waals surface area contributed by atoms with E-state index in [1.807, 2.05) is 0 Å². The first-order valence-electron chi connectivity index (χ1n) is 10.8. The van der Waals surface area contributed by atoms with Gasteiger partial charge in [0.2, 0.25) is 0 Å². The van der Waals surface area contributed by atoms with Gasteiger partial charge in [0, 0.05) is 6.61 Å². The van der Waals surface area contributed by atoms with Gasteiger partial charge >= 0.3 is 0 Å². The summed E-state index contributed by atoms with van der Waals surface area (Å²) in [4.78, 5) is 0. The molecule has 0 spiro atoms. The standard InChI is InChI=1S/C21H40BrIO2/c1-2-3-4-5-6-7-8-9-10-11-14-19(16-17-20(22)23)25-21-15-12-13-18-24-21/h19-21H,2-18H2,1H3. The molecule has 1 fully saturated rings. The summed E-state index contributed by atoms with van der Waals surface area (Å²) in [5.41, 5.74) is 0. The predicted octanol–water partition coefficient (Wildman–Crippen LogP) is 8.15. The monoisotopic (exact) mass is 530 g/mol. The molecule has 1 rings (SSSR count). The summed E-state index contributed by atoms with van der Waals surface area (Å²) in [5, 5.41) is 0. The smallest absolute Gasteiger partial charge is 0.157 e. The average Bonchev–Trinajstić information content (AvgIpc) is 2.61. The maximum Gasteiger partial charge on any atom is 0.157 e.